The predicted molar refractivity (Wildman–Crippen MR) is 81.7 cm³/mol. The molecule has 0 spiro atoms. The average Bonchev–Trinajstić information content (AvgIpc) is 2.80. The van der Waals surface area contributed by atoms with Crippen molar-refractivity contribution in [2.75, 3.05) is 0 Å². The van der Waals surface area contributed by atoms with Crippen LogP contribution in [0.3, 0.4) is 0 Å². The van der Waals surface area contributed by atoms with E-state index in [9.17, 15) is 0 Å². The Morgan fingerprint density at radius 3 is 2.32 bits per heavy atom. The third-order valence-corrected chi connectivity index (χ3v) is 4.83. The minimum absolute atomic E-state index is 0.313. The van der Waals surface area contributed by atoms with Crippen LogP contribution < -0.4 is 5.59 Å². The van der Waals surface area contributed by atoms with E-state index in [1.165, 1.54) is 0 Å². The number of H-pyrrole nitrogens is 1. The molecule has 0 amide bonds. The molecule has 0 unspecified atom stereocenters. The van der Waals surface area contributed by atoms with Gasteiger partial charge in [0.15, 0.2) is 0 Å². The van der Waals surface area contributed by atoms with Gasteiger partial charge in [-0.3, -0.25) is 0 Å². The van der Waals surface area contributed by atoms with Crippen LogP contribution in [-0.4, -0.2) is 23.3 Å². The predicted octanol–water partition coefficient (Wildman–Crippen LogP) is 3.23. The van der Waals surface area contributed by atoms with Crippen molar-refractivity contribution >= 4 is 39.5 Å². The van der Waals surface area contributed by atoms with Gasteiger partial charge < -0.3 is 14.3 Å². The monoisotopic (exact) mass is 321 g/mol. The van der Waals surface area contributed by atoms with Crippen LogP contribution in [0.15, 0.2) is 28.7 Å². The number of aromatic nitrogens is 1. The van der Waals surface area contributed by atoms with Gasteiger partial charge in [-0.25, -0.2) is 0 Å². The topological polar surface area (TPSA) is 34.2 Å². The number of hydrogen-bond acceptors (Lipinski definition) is 2. The highest BCUT2D eigenvalue weighted by Crippen LogP contribution is 2.36. The molecule has 19 heavy (non-hydrogen) atoms. The number of nitrogens with one attached hydrogen (secondary N) is 1. The second-order valence-electron chi connectivity index (χ2n) is 6.01. The molecule has 1 aromatic heterocycles. The molecular weight excluding hydrogens is 305 g/mol. The van der Waals surface area contributed by atoms with Gasteiger partial charge in [0.05, 0.1) is 11.2 Å². The van der Waals surface area contributed by atoms with E-state index in [-0.39, 0.29) is 18.3 Å². The fraction of sp³-hybridized carbons (Fsp3) is 0.429. The Balaban J connectivity index is 2.01. The third kappa shape index (κ3) is 2.04. The largest absolute Gasteiger partial charge is 0.512 e. The third-order valence-electron chi connectivity index (χ3n) is 4.14. The van der Waals surface area contributed by atoms with E-state index in [4.69, 9.17) is 9.31 Å². The fourth-order valence-corrected chi connectivity index (χ4v) is 2.72. The maximum absolute atomic E-state index is 6.05. The summed E-state index contributed by atoms with van der Waals surface area (Å²) in [6.45, 7) is 8.24. The van der Waals surface area contributed by atoms with Gasteiger partial charge in [0.25, 0.3) is 0 Å². The summed E-state index contributed by atoms with van der Waals surface area (Å²) in [5, 5.41) is 1.15. The zero-order chi connectivity index (χ0) is 13.8. The SMILES string of the molecule is CC1(C)OB(c2cc3c(Br)cccc3[nH]2)OC1(C)C. The van der Waals surface area contributed by atoms with Crippen molar-refractivity contribution in [2.45, 2.75) is 38.9 Å². The van der Waals surface area contributed by atoms with E-state index in [0.29, 0.717) is 0 Å². The molecule has 0 aliphatic carbocycles. The summed E-state index contributed by atoms with van der Waals surface area (Å²) in [5.74, 6) is 0. The lowest BCUT2D eigenvalue weighted by Gasteiger charge is -2.32. The summed E-state index contributed by atoms with van der Waals surface area (Å²) in [6, 6.07) is 8.18. The zero-order valence-electron chi connectivity index (χ0n) is 11.6. The molecule has 1 fully saturated rings. The van der Waals surface area contributed by atoms with Crippen LogP contribution in [0.4, 0.5) is 0 Å². The second kappa shape index (κ2) is 4.11. The number of fused-ring (bicyclic) bond motifs is 1. The standard InChI is InChI=1S/C14H17BBrNO2/c1-13(2)14(3,4)19-15(18-13)12-8-9-10(16)6-5-7-11(9)17-12/h5-8,17H,1-4H3. The highest BCUT2D eigenvalue weighted by atomic mass is 79.9. The average molecular weight is 322 g/mol. The first-order chi connectivity index (χ1) is 8.80. The quantitative estimate of drug-likeness (QED) is 0.818. The molecule has 0 saturated carbocycles. The Bertz CT molecular complexity index is 619. The van der Waals surface area contributed by atoms with Crippen molar-refractivity contribution in [1.82, 2.24) is 4.98 Å². The highest BCUT2D eigenvalue weighted by Gasteiger charge is 2.52. The molecule has 1 saturated heterocycles. The summed E-state index contributed by atoms with van der Waals surface area (Å²) in [5.41, 5.74) is 1.41. The van der Waals surface area contributed by atoms with E-state index in [2.05, 4.69) is 60.7 Å². The van der Waals surface area contributed by atoms with E-state index < -0.39 is 0 Å². The normalized spacial score (nSPS) is 21.2. The van der Waals surface area contributed by atoms with E-state index in [0.717, 1.165) is 21.0 Å². The Morgan fingerprint density at radius 1 is 1.11 bits per heavy atom. The number of aromatic amines is 1. The van der Waals surface area contributed by atoms with Crippen molar-refractivity contribution in [3.8, 4) is 0 Å². The summed E-state index contributed by atoms with van der Waals surface area (Å²) in [7, 11) is -0.343. The first-order valence-corrected chi connectivity index (χ1v) is 7.22. The van der Waals surface area contributed by atoms with Gasteiger partial charge in [-0.2, -0.15) is 0 Å². The molecule has 3 nitrogen and oxygen atoms in total. The summed E-state index contributed by atoms with van der Waals surface area (Å²) in [4.78, 5) is 3.37. The van der Waals surface area contributed by atoms with Crippen LogP contribution in [0.5, 0.6) is 0 Å². The van der Waals surface area contributed by atoms with Crippen LogP contribution in [0.1, 0.15) is 27.7 Å². The van der Waals surface area contributed by atoms with Gasteiger partial charge in [-0.05, 0) is 45.9 Å². The molecule has 1 N–H and O–H groups in total. The Kier molecular flexibility index (Phi) is 2.86. The zero-order valence-corrected chi connectivity index (χ0v) is 13.2. The maximum atomic E-state index is 6.05. The molecule has 1 aliphatic heterocycles. The van der Waals surface area contributed by atoms with Gasteiger partial charge in [0.2, 0.25) is 0 Å². The maximum Gasteiger partial charge on any atom is 0.512 e. The first-order valence-electron chi connectivity index (χ1n) is 6.43. The lowest BCUT2D eigenvalue weighted by Crippen LogP contribution is -2.41. The summed E-state index contributed by atoms with van der Waals surface area (Å²) < 4.78 is 13.2. The molecule has 5 heteroatoms. The second-order valence-corrected chi connectivity index (χ2v) is 6.87. The molecular formula is C14H17BBrNO2. The Morgan fingerprint density at radius 2 is 1.74 bits per heavy atom. The first kappa shape index (κ1) is 13.2. The van der Waals surface area contributed by atoms with Crippen molar-refractivity contribution in [1.29, 1.82) is 0 Å². The van der Waals surface area contributed by atoms with Crippen molar-refractivity contribution < 1.29 is 9.31 Å². The molecule has 0 atom stereocenters. The Hall–Kier alpha value is -0.775. The number of rotatable bonds is 1. The fourth-order valence-electron chi connectivity index (χ4n) is 2.24. The van der Waals surface area contributed by atoms with E-state index >= 15 is 0 Å². The minimum Gasteiger partial charge on any atom is -0.398 e. The number of hydrogen-bond donors (Lipinski definition) is 1. The van der Waals surface area contributed by atoms with E-state index in [1.54, 1.807) is 0 Å². The van der Waals surface area contributed by atoms with Crippen molar-refractivity contribution in [2.24, 2.45) is 0 Å². The molecule has 0 bridgehead atoms. The number of benzene rings is 1. The molecule has 2 heterocycles. The van der Waals surface area contributed by atoms with Crippen molar-refractivity contribution in [3.05, 3.63) is 28.7 Å². The number of halogens is 1. The van der Waals surface area contributed by atoms with Gasteiger partial charge >= 0.3 is 7.12 Å². The molecule has 2 aromatic rings. The smallest absolute Gasteiger partial charge is 0.398 e. The van der Waals surface area contributed by atoms with Gasteiger partial charge in [-0.1, -0.05) is 22.0 Å². The van der Waals surface area contributed by atoms with Crippen LogP contribution in [-0.2, 0) is 9.31 Å². The van der Waals surface area contributed by atoms with Crippen molar-refractivity contribution in [3.63, 3.8) is 0 Å². The molecule has 1 aromatic carbocycles. The van der Waals surface area contributed by atoms with Crippen LogP contribution in [0.25, 0.3) is 10.9 Å². The van der Waals surface area contributed by atoms with Crippen LogP contribution in [0.2, 0.25) is 0 Å². The molecule has 3 rings (SSSR count). The van der Waals surface area contributed by atoms with E-state index in [1.807, 2.05) is 12.1 Å². The van der Waals surface area contributed by atoms with Crippen LogP contribution >= 0.6 is 15.9 Å². The lowest BCUT2D eigenvalue weighted by atomic mass is 9.85. The van der Waals surface area contributed by atoms with Gasteiger partial charge in [-0.15, -0.1) is 0 Å². The van der Waals surface area contributed by atoms with Gasteiger partial charge in [0.1, 0.15) is 0 Å². The van der Waals surface area contributed by atoms with Crippen LogP contribution in [0, 0.1) is 0 Å². The lowest BCUT2D eigenvalue weighted by molar-refractivity contribution is 0.00578. The molecule has 1 aliphatic rings. The van der Waals surface area contributed by atoms with Gasteiger partial charge in [0, 0.05) is 21.0 Å². The molecule has 100 valence electrons. The highest BCUT2D eigenvalue weighted by molar-refractivity contribution is 9.10. The minimum atomic E-state index is -0.343. The summed E-state index contributed by atoms with van der Waals surface area (Å²) in [6.07, 6.45) is 0. The Labute approximate surface area is 121 Å². The summed E-state index contributed by atoms with van der Waals surface area (Å²) >= 11 is 3.56. The molecule has 0 radical (unpaired) electrons.